The lowest BCUT2D eigenvalue weighted by atomic mass is 10.1. The van der Waals surface area contributed by atoms with Crippen molar-refractivity contribution in [3.63, 3.8) is 0 Å². The second kappa shape index (κ2) is 7.24. The van der Waals surface area contributed by atoms with Crippen LogP contribution in [0.4, 0.5) is 4.79 Å². The zero-order valence-corrected chi connectivity index (χ0v) is 12.0. The molecule has 0 aliphatic carbocycles. The van der Waals surface area contributed by atoms with Crippen LogP contribution >= 0.6 is 0 Å². The highest BCUT2D eigenvalue weighted by Gasteiger charge is 2.16. The average Bonchev–Trinajstić information content (AvgIpc) is 2.54. The second-order valence-electron chi connectivity index (χ2n) is 4.68. The van der Waals surface area contributed by atoms with Gasteiger partial charge in [-0.3, -0.25) is 5.41 Å². The summed E-state index contributed by atoms with van der Waals surface area (Å²) in [5.41, 5.74) is 13.1. The van der Waals surface area contributed by atoms with Gasteiger partial charge in [0.25, 0.3) is 0 Å². The van der Waals surface area contributed by atoms with Crippen molar-refractivity contribution in [2.24, 2.45) is 11.5 Å². The molecule has 0 atom stereocenters. The van der Waals surface area contributed by atoms with Crippen LogP contribution in [-0.2, 0) is 17.9 Å². The summed E-state index contributed by atoms with van der Waals surface area (Å²) < 4.78 is 0. The average molecular weight is 298 g/mol. The van der Waals surface area contributed by atoms with E-state index in [-0.39, 0.29) is 12.4 Å². The summed E-state index contributed by atoms with van der Waals surface area (Å²) in [5.74, 6) is 0.0474. The molecule has 5 N–H and O–H groups in total. The maximum Gasteiger partial charge on any atom is 0.429 e. The Balaban J connectivity index is 2.19. The Morgan fingerprint density at radius 3 is 2.23 bits per heavy atom. The fourth-order valence-electron chi connectivity index (χ4n) is 1.96. The highest BCUT2D eigenvalue weighted by molar-refractivity contribution is 5.96. The van der Waals surface area contributed by atoms with Crippen LogP contribution in [0.15, 0.2) is 54.6 Å². The summed E-state index contributed by atoms with van der Waals surface area (Å²) in [4.78, 5) is 16.0. The van der Waals surface area contributed by atoms with Gasteiger partial charge in [0, 0.05) is 12.1 Å². The Labute approximate surface area is 128 Å². The zero-order valence-electron chi connectivity index (χ0n) is 12.0. The van der Waals surface area contributed by atoms with Gasteiger partial charge in [0.15, 0.2) is 5.84 Å². The highest BCUT2D eigenvalue weighted by Crippen LogP contribution is 2.12. The molecule has 114 valence electrons. The van der Waals surface area contributed by atoms with Crippen LogP contribution in [0.25, 0.3) is 0 Å². The van der Waals surface area contributed by atoms with E-state index in [2.05, 4.69) is 0 Å². The molecule has 1 amide bonds. The number of nitrogens with two attached hydrogens (primary N) is 2. The number of nitrogens with one attached hydrogen (secondary N) is 1. The molecular formula is C16H18N4O2. The third-order valence-corrected chi connectivity index (χ3v) is 3.08. The van der Waals surface area contributed by atoms with Crippen molar-refractivity contribution >= 4 is 11.9 Å². The minimum atomic E-state index is -0.959. The molecule has 0 fully saturated rings. The standard InChI is InChI=1S/C16H18N4O2/c17-10-12-6-8-14(9-7-12)15(18)20(22-16(19)21)11-13-4-2-1-3-5-13/h1-9,18H,10-11,17H2,(H2,19,21). The predicted octanol–water partition coefficient (Wildman–Crippen LogP) is 1.98. The van der Waals surface area contributed by atoms with Crippen LogP contribution < -0.4 is 11.5 Å². The predicted molar refractivity (Wildman–Crippen MR) is 83.8 cm³/mol. The number of nitrogens with zero attached hydrogens (tertiary/aromatic N) is 1. The van der Waals surface area contributed by atoms with E-state index >= 15 is 0 Å². The molecule has 0 radical (unpaired) electrons. The quantitative estimate of drug-likeness (QED) is 0.456. The SMILES string of the molecule is N=C(c1ccc(CN)cc1)N(Cc1ccccc1)OC(N)=O. The number of hydroxylamine groups is 2. The molecule has 2 rings (SSSR count). The third kappa shape index (κ3) is 4.07. The van der Waals surface area contributed by atoms with Gasteiger partial charge in [-0.15, -0.1) is 0 Å². The molecule has 0 heterocycles. The number of hydrogen-bond donors (Lipinski definition) is 3. The first-order chi connectivity index (χ1) is 10.6. The van der Waals surface area contributed by atoms with E-state index in [1.54, 1.807) is 12.1 Å². The summed E-state index contributed by atoms with van der Waals surface area (Å²) in [6.45, 7) is 0.667. The van der Waals surface area contributed by atoms with E-state index in [0.29, 0.717) is 12.1 Å². The molecule has 6 heteroatoms. The maximum atomic E-state index is 11.1. The molecule has 0 saturated carbocycles. The Bertz CT molecular complexity index is 641. The Hall–Kier alpha value is -2.86. The fraction of sp³-hybridized carbons (Fsp3) is 0.125. The van der Waals surface area contributed by atoms with Gasteiger partial charge in [0.1, 0.15) is 0 Å². The van der Waals surface area contributed by atoms with Gasteiger partial charge in [-0.05, 0) is 11.1 Å². The molecule has 22 heavy (non-hydrogen) atoms. The molecule has 0 spiro atoms. The van der Waals surface area contributed by atoms with Gasteiger partial charge in [-0.1, -0.05) is 54.6 Å². The lowest BCUT2D eigenvalue weighted by Gasteiger charge is -2.22. The van der Waals surface area contributed by atoms with Crippen molar-refractivity contribution in [2.45, 2.75) is 13.1 Å². The fourth-order valence-corrected chi connectivity index (χ4v) is 1.96. The van der Waals surface area contributed by atoms with Gasteiger partial charge >= 0.3 is 6.09 Å². The summed E-state index contributed by atoms with van der Waals surface area (Å²) in [7, 11) is 0. The number of benzene rings is 2. The number of amidine groups is 1. The number of carbonyl (C=O) groups is 1. The molecule has 0 aliphatic heterocycles. The smallest absolute Gasteiger partial charge is 0.333 e. The molecule has 0 bridgehead atoms. The van der Waals surface area contributed by atoms with Crippen molar-refractivity contribution in [2.75, 3.05) is 0 Å². The van der Waals surface area contributed by atoms with Crippen molar-refractivity contribution in [1.29, 1.82) is 5.41 Å². The molecule has 0 saturated heterocycles. The van der Waals surface area contributed by atoms with Crippen molar-refractivity contribution in [1.82, 2.24) is 5.06 Å². The van der Waals surface area contributed by atoms with Crippen LogP contribution in [0.3, 0.4) is 0 Å². The number of primary amides is 1. The lowest BCUT2D eigenvalue weighted by Crippen LogP contribution is -2.35. The largest absolute Gasteiger partial charge is 0.429 e. The van der Waals surface area contributed by atoms with Crippen LogP contribution in [-0.4, -0.2) is 17.0 Å². The Morgan fingerprint density at radius 2 is 1.68 bits per heavy atom. The van der Waals surface area contributed by atoms with E-state index < -0.39 is 6.09 Å². The minimum absolute atomic E-state index is 0.0474. The molecule has 2 aromatic carbocycles. The Morgan fingerprint density at radius 1 is 1.05 bits per heavy atom. The van der Waals surface area contributed by atoms with E-state index in [1.165, 1.54) is 0 Å². The molecule has 0 unspecified atom stereocenters. The molecule has 0 aliphatic rings. The van der Waals surface area contributed by atoms with Crippen LogP contribution in [0.1, 0.15) is 16.7 Å². The van der Waals surface area contributed by atoms with Crippen LogP contribution in [0.2, 0.25) is 0 Å². The summed E-state index contributed by atoms with van der Waals surface area (Å²) >= 11 is 0. The monoisotopic (exact) mass is 298 g/mol. The van der Waals surface area contributed by atoms with E-state index in [0.717, 1.165) is 16.2 Å². The van der Waals surface area contributed by atoms with E-state index in [9.17, 15) is 4.79 Å². The number of amides is 1. The van der Waals surface area contributed by atoms with Gasteiger partial charge in [-0.2, -0.15) is 5.06 Å². The zero-order chi connectivity index (χ0) is 15.9. The number of carbonyl (C=O) groups excluding carboxylic acids is 1. The topological polar surface area (TPSA) is 105 Å². The molecule has 6 nitrogen and oxygen atoms in total. The van der Waals surface area contributed by atoms with E-state index in [4.69, 9.17) is 21.7 Å². The van der Waals surface area contributed by atoms with Gasteiger partial charge in [-0.25, -0.2) is 4.79 Å². The lowest BCUT2D eigenvalue weighted by molar-refractivity contribution is -0.0379. The second-order valence-corrected chi connectivity index (χ2v) is 4.68. The van der Waals surface area contributed by atoms with E-state index in [1.807, 2.05) is 42.5 Å². The first-order valence-corrected chi connectivity index (χ1v) is 6.77. The molecular weight excluding hydrogens is 280 g/mol. The summed E-state index contributed by atoms with van der Waals surface area (Å²) in [6, 6.07) is 16.6. The normalized spacial score (nSPS) is 10.0. The molecule has 2 aromatic rings. The van der Waals surface area contributed by atoms with Crippen molar-refractivity contribution in [3.05, 3.63) is 71.3 Å². The maximum absolute atomic E-state index is 11.1. The van der Waals surface area contributed by atoms with Gasteiger partial charge in [0.2, 0.25) is 0 Å². The first-order valence-electron chi connectivity index (χ1n) is 6.77. The summed E-state index contributed by atoms with van der Waals surface area (Å²) in [6.07, 6.45) is -0.959. The van der Waals surface area contributed by atoms with Gasteiger partial charge in [0.05, 0.1) is 6.54 Å². The van der Waals surface area contributed by atoms with Crippen LogP contribution in [0, 0.1) is 5.41 Å². The molecule has 0 aromatic heterocycles. The van der Waals surface area contributed by atoms with Gasteiger partial charge < -0.3 is 16.3 Å². The van der Waals surface area contributed by atoms with Crippen molar-refractivity contribution in [3.8, 4) is 0 Å². The Kier molecular flexibility index (Phi) is 5.11. The number of rotatable bonds is 4. The number of hydrogen-bond acceptors (Lipinski definition) is 4. The first kappa shape index (κ1) is 15.5. The highest BCUT2D eigenvalue weighted by atomic mass is 16.7. The summed E-state index contributed by atoms with van der Waals surface area (Å²) in [5, 5.41) is 9.38. The third-order valence-electron chi connectivity index (χ3n) is 3.08. The van der Waals surface area contributed by atoms with Crippen LogP contribution in [0.5, 0.6) is 0 Å². The van der Waals surface area contributed by atoms with Crippen molar-refractivity contribution < 1.29 is 9.63 Å². The minimum Gasteiger partial charge on any atom is -0.333 e.